The Morgan fingerprint density at radius 2 is 2.04 bits per heavy atom. The van der Waals surface area contributed by atoms with Crippen LogP contribution in [0.25, 0.3) is 0 Å². The normalized spacial score (nSPS) is 16.2. The highest BCUT2D eigenvalue weighted by molar-refractivity contribution is 6.12. The van der Waals surface area contributed by atoms with Crippen molar-refractivity contribution >= 4 is 35.6 Å². The Morgan fingerprint density at radius 3 is 2.79 bits per heavy atom. The Labute approximate surface area is 150 Å². The van der Waals surface area contributed by atoms with Gasteiger partial charge in [0.25, 0.3) is 5.82 Å². The molecular formula is C14H16Cl2FN6O. The molecule has 1 fully saturated rings. The summed E-state index contributed by atoms with van der Waals surface area (Å²) in [5, 5.41) is 7.29. The molecule has 0 unspecified atom stereocenters. The SMILES string of the molecule is CN1C(c2noc(N3CCNCC3)n2)=[N+]c2ccc(F)cc21.Cl.[Cl-]. The largest absolute Gasteiger partial charge is 1.00 e. The highest BCUT2D eigenvalue weighted by atomic mass is 35.5. The van der Waals surface area contributed by atoms with Gasteiger partial charge >= 0.3 is 11.9 Å². The molecule has 1 radical (unpaired) electrons. The molecule has 0 aliphatic carbocycles. The summed E-state index contributed by atoms with van der Waals surface area (Å²) in [4.78, 5) is 12.7. The number of anilines is 2. The standard InChI is InChI=1S/C14H15FN6O.2ClH/c1-20-11-8-9(15)2-3-10(11)17-13(20)12-18-14(22-19-12)21-6-4-16-5-7-21;;/h2-3,8,16H,4-7H2,1H3;2*1H/q+1;;/p-1. The van der Waals surface area contributed by atoms with E-state index in [0.717, 1.165) is 26.2 Å². The van der Waals surface area contributed by atoms with Crippen LogP contribution in [0.3, 0.4) is 0 Å². The van der Waals surface area contributed by atoms with Gasteiger partial charge in [-0.25, -0.2) is 9.29 Å². The van der Waals surface area contributed by atoms with Crippen LogP contribution in [-0.4, -0.2) is 49.2 Å². The number of nitrogens with zero attached hydrogens (tertiary/aromatic N) is 5. The van der Waals surface area contributed by atoms with Gasteiger partial charge in [0, 0.05) is 32.2 Å². The minimum absolute atomic E-state index is 0. The fourth-order valence-electron chi connectivity index (χ4n) is 2.65. The van der Waals surface area contributed by atoms with Crippen LogP contribution in [0.2, 0.25) is 0 Å². The van der Waals surface area contributed by atoms with E-state index >= 15 is 0 Å². The Hall–Kier alpha value is -1.90. The molecule has 1 aromatic heterocycles. The van der Waals surface area contributed by atoms with Crippen molar-refractivity contribution in [2.45, 2.75) is 0 Å². The molecule has 0 atom stereocenters. The third kappa shape index (κ3) is 3.17. The van der Waals surface area contributed by atoms with Crippen LogP contribution in [0.5, 0.6) is 0 Å². The molecule has 0 saturated carbocycles. The summed E-state index contributed by atoms with van der Waals surface area (Å²) in [6, 6.07) is 4.98. The van der Waals surface area contributed by atoms with Crippen LogP contribution in [0.4, 0.5) is 21.8 Å². The van der Waals surface area contributed by atoms with E-state index in [4.69, 9.17) is 4.52 Å². The Bertz CT molecular complexity index is 747. The Morgan fingerprint density at radius 1 is 1.29 bits per heavy atom. The van der Waals surface area contributed by atoms with Crippen LogP contribution < -0.4 is 32.5 Å². The number of benzene rings is 1. The molecule has 24 heavy (non-hydrogen) atoms. The number of amidine groups is 1. The summed E-state index contributed by atoms with van der Waals surface area (Å²) < 4.78 is 18.7. The number of nitrogens with one attached hydrogen (secondary N) is 1. The monoisotopic (exact) mass is 373 g/mol. The minimum atomic E-state index is -0.295. The zero-order chi connectivity index (χ0) is 15.1. The lowest BCUT2D eigenvalue weighted by molar-refractivity contribution is -0.00000581. The lowest BCUT2D eigenvalue weighted by Crippen LogP contribution is -3.00. The molecule has 1 saturated heterocycles. The summed E-state index contributed by atoms with van der Waals surface area (Å²) in [6.07, 6.45) is 0. The maximum absolute atomic E-state index is 13.4. The average Bonchev–Trinajstić information content (AvgIpc) is 3.14. The lowest BCUT2D eigenvalue weighted by atomic mass is 10.2. The van der Waals surface area contributed by atoms with Gasteiger partial charge in [-0.05, 0) is 22.3 Å². The number of aliphatic imine (C=N–C) groups is 1. The predicted molar refractivity (Wildman–Crippen MR) is 87.3 cm³/mol. The van der Waals surface area contributed by atoms with E-state index in [1.54, 1.807) is 11.0 Å². The highest BCUT2D eigenvalue weighted by Crippen LogP contribution is 2.30. The first-order valence-electron chi connectivity index (χ1n) is 7.14. The summed E-state index contributed by atoms with van der Waals surface area (Å²) in [7, 11) is 1.81. The summed E-state index contributed by atoms with van der Waals surface area (Å²) >= 11 is 0. The van der Waals surface area contributed by atoms with Crippen molar-refractivity contribution in [3.8, 4) is 0 Å². The molecule has 1 N–H and O–H groups in total. The molecule has 129 valence electrons. The minimum Gasteiger partial charge on any atom is -1.00 e. The molecule has 4 rings (SSSR count). The third-order valence-electron chi connectivity index (χ3n) is 3.85. The highest BCUT2D eigenvalue weighted by Gasteiger charge is 2.37. The van der Waals surface area contributed by atoms with E-state index in [1.165, 1.54) is 12.1 Å². The zero-order valence-corrected chi connectivity index (χ0v) is 14.4. The van der Waals surface area contributed by atoms with Gasteiger partial charge in [0.2, 0.25) is 5.69 Å². The second kappa shape index (κ2) is 7.33. The molecule has 10 heteroatoms. The maximum Gasteiger partial charge on any atom is 0.373 e. The van der Waals surface area contributed by atoms with Crippen molar-refractivity contribution in [3.05, 3.63) is 29.8 Å². The van der Waals surface area contributed by atoms with E-state index in [2.05, 4.69) is 20.4 Å². The zero-order valence-electron chi connectivity index (χ0n) is 12.9. The molecule has 2 aliphatic rings. The van der Waals surface area contributed by atoms with Gasteiger partial charge in [0.15, 0.2) is 5.69 Å². The number of aromatic nitrogens is 2. The maximum atomic E-state index is 13.4. The summed E-state index contributed by atoms with van der Waals surface area (Å²) in [5.74, 6) is 0.676. The lowest BCUT2D eigenvalue weighted by Gasteiger charge is -2.24. The van der Waals surface area contributed by atoms with Gasteiger partial charge in [0.1, 0.15) is 5.82 Å². The molecule has 1 aromatic carbocycles. The van der Waals surface area contributed by atoms with Crippen molar-refractivity contribution in [3.63, 3.8) is 0 Å². The number of piperazine rings is 1. The number of rotatable bonds is 2. The second-order valence-corrected chi connectivity index (χ2v) is 5.27. The molecule has 2 aromatic rings. The summed E-state index contributed by atoms with van der Waals surface area (Å²) in [5.41, 5.74) is 1.40. The van der Waals surface area contributed by atoms with Gasteiger partial charge in [-0.1, -0.05) is 0 Å². The molecule has 2 aliphatic heterocycles. The van der Waals surface area contributed by atoms with Crippen LogP contribution in [0.15, 0.2) is 22.7 Å². The van der Waals surface area contributed by atoms with Gasteiger partial charge in [-0.2, -0.15) is 4.98 Å². The van der Waals surface area contributed by atoms with Gasteiger partial charge < -0.3 is 27.1 Å². The van der Waals surface area contributed by atoms with Crippen molar-refractivity contribution in [2.75, 3.05) is 43.0 Å². The van der Waals surface area contributed by atoms with Crippen molar-refractivity contribution in [2.24, 2.45) is 0 Å². The topological polar surface area (TPSA) is 71.5 Å². The average molecular weight is 374 g/mol. The van der Waals surface area contributed by atoms with E-state index in [0.29, 0.717) is 29.0 Å². The van der Waals surface area contributed by atoms with E-state index < -0.39 is 0 Å². The summed E-state index contributed by atoms with van der Waals surface area (Å²) in [6.45, 7) is 3.44. The molecule has 7 nitrogen and oxygen atoms in total. The van der Waals surface area contributed by atoms with Crippen LogP contribution in [0.1, 0.15) is 5.82 Å². The van der Waals surface area contributed by atoms with E-state index in [9.17, 15) is 4.39 Å². The van der Waals surface area contributed by atoms with Gasteiger partial charge in [0.05, 0.1) is 7.05 Å². The second-order valence-electron chi connectivity index (χ2n) is 5.27. The molecule has 0 spiro atoms. The fraction of sp³-hybridized carbons (Fsp3) is 0.357. The van der Waals surface area contributed by atoms with Crippen molar-refractivity contribution in [1.82, 2.24) is 20.4 Å². The van der Waals surface area contributed by atoms with Crippen molar-refractivity contribution in [1.29, 1.82) is 0 Å². The van der Waals surface area contributed by atoms with E-state index in [1.807, 2.05) is 11.9 Å². The third-order valence-corrected chi connectivity index (χ3v) is 3.85. The Kier molecular flexibility index (Phi) is 5.63. The number of fused-ring (bicyclic) bond motifs is 1. The Balaban J connectivity index is 0.00000104. The first kappa shape index (κ1) is 18.4. The fourth-order valence-corrected chi connectivity index (χ4v) is 2.65. The molecule has 3 heterocycles. The first-order valence-corrected chi connectivity index (χ1v) is 7.14. The number of hydrogen-bond acceptors (Lipinski definition) is 7. The van der Waals surface area contributed by atoms with Crippen LogP contribution >= 0.6 is 12.4 Å². The number of hydrogen-bond donors (Lipinski definition) is 1. The van der Waals surface area contributed by atoms with Crippen LogP contribution in [0, 0.1) is 5.82 Å². The quantitative estimate of drug-likeness (QED) is 0.650. The predicted octanol–water partition coefficient (Wildman–Crippen LogP) is -2.09. The number of halogens is 3. The molecule has 0 bridgehead atoms. The van der Waals surface area contributed by atoms with Crippen LogP contribution in [-0.2, 0) is 0 Å². The smallest absolute Gasteiger partial charge is 0.373 e. The van der Waals surface area contributed by atoms with Gasteiger partial charge in [-0.3, -0.25) is 0 Å². The van der Waals surface area contributed by atoms with Crippen molar-refractivity contribution < 1.29 is 21.3 Å². The van der Waals surface area contributed by atoms with Gasteiger partial charge in [-0.15, -0.1) is 12.4 Å². The van der Waals surface area contributed by atoms with E-state index in [-0.39, 0.29) is 30.6 Å². The molecular weight excluding hydrogens is 358 g/mol. The molecule has 0 amide bonds. The first-order chi connectivity index (χ1) is 10.7.